The van der Waals surface area contributed by atoms with E-state index in [9.17, 15) is 31.2 Å². The Morgan fingerprint density at radius 2 is 1.82 bits per heavy atom. The first-order valence-corrected chi connectivity index (χ1v) is 13.7. The minimum Gasteiger partial charge on any atom is -0.369 e. The van der Waals surface area contributed by atoms with Gasteiger partial charge in [0.1, 0.15) is 10.0 Å². The maximum absolute atomic E-state index is 12.7. The molecular weight excluding hydrogens is 567 g/mol. The second kappa shape index (κ2) is 12.6. The van der Waals surface area contributed by atoms with Crippen molar-refractivity contribution in [2.75, 3.05) is 11.9 Å². The summed E-state index contributed by atoms with van der Waals surface area (Å²) in [4.78, 5) is 30.5. The zero-order chi connectivity index (χ0) is 27.9. The molecule has 0 saturated carbocycles. The van der Waals surface area contributed by atoms with Crippen LogP contribution in [0, 0.1) is 6.92 Å². The summed E-state index contributed by atoms with van der Waals surface area (Å²) in [6.07, 6.45) is -3.79. The first kappa shape index (κ1) is 29.4. The Morgan fingerprint density at radius 3 is 2.47 bits per heavy atom. The molecule has 0 saturated heterocycles. The first-order chi connectivity index (χ1) is 17.8. The van der Waals surface area contributed by atoms with E-state index >= 15 is 0 Å². The summed E-state index contributed by atoms with van der Waals surface area (Å²) >= 11 is 6.74. The normalized spacial score (nSPS) is 11.7. The second-order valence-electron chi connectivity index (χ2n) is 8.01. The lowest BCUT2D eigenvalue weighted by Crippen LogP contribution is -2.41. The molecule has 0 aliphatic carbocycles. The van der Waals surface area contributed by atoms with Crippen molar-refractivity contribution in [2.45, 2.75) is 36.7 Å². The minimum atomic E-state index is -4.57. The van der Waals surface area contributed by atoms with Gasteiger partial charge < -0.3 is 10.6 Å². The van der Waals surface area contributed by atoms with Crippen LogP contribution in [0.5, 0.6) is 0 Å². The fourth-order valence-electron chi connectivity index (χ4n) is 2.99. The maximum atomic E-state index is 12.7. The van der Waals surface area contributed by atoms with E-state index in [4.69, 9.17) is 11.6 Å². The van der Waals surface area contributed by atoms with Crippen LogP contribution in [0.1, 0.15) is 39.2 Å². The van der Waals surface area contributed by atoms with Crippen molar-refractivity contribution in [2.24, 2.45) is 0 Å². The number of aryl methyl sites for hydroxylation is 1. The molecule has 2 heterocycles. The number of benzene rings is 1. The average molecular weight is 590 g/mol. The summed E-state index contributed by atoms with van der Waals surface area (Å²) < 4.78 is 62.9. The highest BCUT2D eigenvalue weighted by Crippen LogP contribution is 2.32. The third kappa shape index (κ3) is 8.41. The summed E-state index contributed by atoms with van der Waals surface area (Å²) in [5.74, 6) is -0.882. The Bertz CT molecular complexity index is 1400. The largest absolute Gasteiger partial charge is 0.417 e. The molecule has 3 aromatic rings. The van der Waals surface area contributed by atoms with Crippen molar-refractivity contribution < 1.29 is 31.2 Å². The highest BCUT2D eigenvalue weighted by atomic mass is 35.5. The molecule has 0 bridgehead atoms. The second-order valence-corrected chi connectivity index (χ2v) is 11.5. The molecule has 15 heteroatoms. The molecule has 2 amide bonds. The number of sulfonamides is 1. The van der Waals surface area contributed by atoms with Gasteiger partial charge in [-0.25, -0.2) is 13.4 Å². The Hall–Kier alpha value is -3.20. The third-order valence-electron chi connectivity index (χ3n) is 5.01. The van der Waals surface area contributed by atoms with Gasteiger partial charge in [-0.3, -0.25) is 15.0 Å². The number of alkyl halides is 3. The Labute approximate surface area is 225 Å². The number of rotatable bonds is 11. The van der Waals surface area contributed by atoms with E-state index in [-0.39, 0.29) is 46.9 Å². The lowest BCUT2D eigenvalue weighted by molar-refractivity contribution is -0.137. The smallest absolute Gasteiger partial charge is 0.369 e. The first-order valence-electron chi connectivity index (χ1n) is 11.1. The molecular formula is C23H23ClF3N5O4S2. The number of amides is 2. The van der Waals surface area contributed by atoms with Crippen LogP contribution < -0.4 is 20.9 Å². The molecule has 3 rings (SSSR count). The van der Waals surface area contributed by atoms with Gasteiger partial charge in [0.15, 0.2) is 0 Å². The van der Waals surface area contributed by atoms with E-state index in [1.54, 1.807) is 18.2 Å². The van der Waals surface area contributed by atoms with Crippen LogP contribution in [0.4, 0.5) is 19.0 Å². The molecule has 0 spiro atoms. The van der Waals surface area contributed by atoms with Crippen molar-refractivity contribution in [3.05, 3.63) is 75.3 Å². The lowest BCUT2D eigenvalue weighted by atomic mass is 10.1. The Morgan fingerprint density at radius 1 is 1.11 bits per heavy atom. The number of aromatic nitrogens is 1. The number of hydrogen-bond acceptors (Lipinski definition) is 7. The highest BCUT2D eigenvalue weighted by molar-refractivity contribution is 7.91. The van der Waals surface area contributed by atoms with E-state index in [1.165, 1.54) is 6.07 Å². The summed E-state index contributed by atoms with van der Waals surface area (Å²) in [5.41, 5.74) is 2.63. The number of nitrogens with one attached hydrogen (secondary N) is 4. The number of carbonyl (C=O) groups excluding carboxylic acids is 2. The molecule has 0 atom stereocenters. The Balaban J connectivity index is 1.41. The Kier molecular flexibility index (Phi) is 9.71. The number of pyridine rings is 1. The van der Waals surface area contributed by atoms with Gasteiger partial charge in [0, 0.05) is 29.6 Å². The molecule has 1 aromatic carbocycles. The van der Waals surface area contributed by atoms with Gasteiger partial charge in [-0.05, 0) is 43.7 Å². The summed E-state index contributed by atoms with van der Waals surface area (Å²) in [6.45, 7) is 2.19. The van der Waals surface area contributed by atoms with Gasteiger partial charge >= 0.3 is 6.18 Å². The number of carbonyl (C=O) groups is 2. The standard InChI is InChI=1S/C23H23ClF3N5O4S2/c1-14-4-6-15(7-5-14)22(34)30-13-17-8-9-20(37-17)38(35,36)32-31-19(33)3-2-10-28-21-18(24)11-16(12-29-21)23(25,26)27/h4-9,11-12,32H,2-3,10,13H2,1H3,(H,28,29)(H,30,34)(H,31,33). The van der Waals surface area contributed by atoms with Crippen LogP contribution in [0.15, 0.2) is 52.9 Å². The van der Waals surface area contributed by atoms with Crippen molar-refractivity contribution in [1.29, 1.82) is 0 Å². The number of thiophene rings is 1. The molecule has 4 N–H and O–H groups in total. The van der Waals surface area contributed by atoms with E-state index in [1.807, 2.05) is 23.9 Å². The topological polar surface area (TPSA) is 129 Å². The number of hydrogen-bond donors (Lipinski definition) is 4. The summed E-state index contributed by atoms with van der Waals surface area (Å²) in [6, 6.07) is 10.7. The van der Waals surface area contributed by atoms with E-state index in [2.05, 4.69) is 21.0 Å². The molecule has 38 heavy (non-hydrogen) atoms. The molecule has 0 aliphatic heterocycles. The predicted molar refractivity (Wildman–Crippen MR) is 137 cm³/mol. The number of hydrazine groups is 1. The average Bonchev–Trinajstić information content (AvgIpc) is 3.35. The van der Waals surface area contributed by atoms with Gasteiger partial charge in [0.2, 0.25) is 5.91 Å². The molecule has 0 aliphatic rings. The zero-order valence-electron chi connectivity index (χ0n) is 19.9. The molecule has 204 valence electrons. The van der Waals surface area contributed by atoms with Gasteiger partial charge in [-0.2, -0.15) is 13.2 Å². The van der Waals surface area contributed by atoms with E-state index in [0.717, 1.165) is 23.0 Å². The van der Waals surface area contributed by atoms with Crippen LogP contribution in [-0.2, 0) is 27.5 Å². The van der Waals surface area contributed by atoms with Crippen molar-refractivity contribution in [3.8, 4) is 0 Å². The van der Waals surface area contributed by atoms with Gasteiger partial charge in [-0.15, -0.1) is 16.2 Å². The van der Waals surface area contributed by atoms with Crippen molar-refractivity contribution >= 4 is 50.6 Å². The molecule has 9 nitrogen and oxygen atoms in total. The van der Waals surface area contributed by atoms with Crippen LogP contribution in [-0.4, -0.2) is 31.8 Å². The van der Waals surface area contributed by atoms with Crippen LogP contribution >= 0.6 is 22.9 Å². The summed E-state index contributed by atoms with van der Waals surface area (Å²) in [7, 11) is -4.04. The molecule has 0 radical (unpaired) electrons. The van der Waals surface area contributed by atoms with Crippen LogP contribution in [0.2, 0.25) is 5.02 Å². The van der Waals surface area contributed by atoms with E-state index in [0.29, 0.717) is 16.6 Å². The van der Waals surface area contributed by atoms with Crippen molar-refractivity contribution in [1.82, 2.24) is 20.6 Å². The van der Waals surface area contributed by atoms with Crippen LogP contribution in [0.25, 0.3) is 0 Å². The predicted octanol–water partition coefficient (Wildman–Crippen LogP) is 4.26. The number of nitrogens with zero attached hydrogens (tertiary/aromatic N) is 1. The van der Waals surface area contributed by atoms with Gasteiger partial charge in [0.25, 0.3) is 15.9 Å². The SMILES string of the molecule is Cc1ccc(C(=O)NCc2ccc(S(=O)(=O)NNC(=O)CCCNc3ncc(C(F)(F)F)cc3Cl)s2)cc1. The van der Waals surface area contributed by atoms with E-state index < -0.39 is 27.7 Å². The van der Waals surface area contributed by atoms with Crippen molar-refractivity contribution in [3.63, 3.8) is 0 Å². The summed E-state index contributed by atoms with van der Waals surface area (Å²) in [5, 5.41) is 5.22. The van der Waals surface area contributed by atoms with Gasteiger partial charge in [-0.1, -0.05) is 29.3 Å². The highest BCUT2D eigenvalue weighted by Gasteiger charge is 2.31. The number of anilines is 1. The fourth-order valence-corrected chi connectivity index (χ4v) is 5.38. The van der Waals surface area contributed by atoms with Crippen LogP contribution in [0.3, 0.4) is 0 Å². The molecule has 0 unspecified atom stereocenters. The quantitative estimate of drug-likeness (QED) is 0.195. The maximum Gasteiger partial charge on any atom is 0.417 e. The monoisotopic (exact) mass is 589 g/mol. The lowest BCUT2D eigenvalue weighted by Gasteiger charge is -2.11. The molecule has 2 aromatic heterocycles. The minimum absolute atomic E-state index is 0.0318. The number of halogens is 4. The molecule has 0 fully saturated rings. The fraction of sp³-hybridized carbons (Fsp3) is 0.261. The third-order valence-corrected chi connectivity index (χ3v) is 8.12. The zero-order valence-corrected chi connectivity index (χ0v) is 22.2. The van der Waals surface area contributed by atoms with Gasteiger partial charge in [0.05, 0.1) is 17.1 Å².